The Labute approximate surface area is 409 Å². The molecule has 0 fully saturated rings. The summed E-state index contributed by atoms with van der Waals surface area (Å²) >= 11 is 0. The van der Waals surface area contributed by atoms with Crippen LogP contribution >= 0.6 is 0 Å². The number of nitrogens with zero attached hydrogens (tertiary/aromatic N) is 6. The first kappa shape index (κ1) is 58.9. The average molecular weight is 991 g/mol. The van der Waals surface area contributed by atoms with Crippen LogP contribution in [0.5, 0.6) is 0 Å². The van der Waals surface area contributed by atoms with E-state index in [-0.39, 0.29) is 21.0 Å². The van der Waals surface area contributed by atoms with Gasteiger partial charge in [0.1, 0.15) is 28.1 Å². The van der Waals surface area contributed by atoms with Gasteiger partial charge in [-0.25, -0.2) is 15.0 Å². The lowest BCUT2D eigenvalue weighted by Crippen LogP contribution is -2.52. The topological polar surface area (TPSA) is 376 Å². The standard InChI is InChI=1S/3C12H14N2O.2C6H8O7/c3*1-4-10-9(3)13-11-7-5-6-8(2)14(11)12(10)15;2*7-3(8)1-6(13,5(11)12)2-4(9)10/h3*5-7H,4H2,1-3H3;2*13H,1-2H2,(H,7,8)(H,9,10)(H,11,12). The molecule has 0 radical (unpaired) electrons. The predicted molar refractivity (Wildman–Crippen MR) is 251 cm³/mol. The Morgan fingerprint density at radius 2 is 0.718 bits per heavy atom. The molecule has 6 heterocycles. The van der Waals surface area contributed by atoms with Gasteiger partial charge in [0.2, 0.25) is 0 Å². The van der Waals surface area contributed by atoms with Crippen LogP contribution in [0.25, 0.3) is 16.9 Å². The molecule has 5 N–H and O–H groups in total. The van der Waals surface area contributed by atoms with Crippen molar-refractivity contribution in [3.8, 4) is 0 Å². The highest BCUT2D eigenvalue weighted by Gasteiger charge is 2.35. The third-order valence-electron chi connectivity index (χ3n) is 10.6. The van der Waals surface area contributed by atoms with Crippen LogP contribution in [0.4, 0.5) is 0 Å². The average Bonchev–Trinajstić information content (AvgIpc) is 3.23. The second-order valence-corrected chi connectivity index (χ2v) is 16.0. The van der Waals surface area contributed by atoms with E-state index in [1.165, 1.54) is 0 Å². The normalized spacial score (nSPS) is 11.5. The molecule has 6 rings (SSSR count). The van der Waals surface area contributed by atoms with E-state index in [0.717, 1.165) is 87.1 Å². The number of aryl methyl sites for hydroxylation is 6. The second kappa shape index (κ2) is 25.4. The predicted octanol–water partition coefficient (Wildman–Crippen LogP) is -0.542. The van der Waals surface area contributed by atoms with E-state index in [9.17, 15) is 58.5 Å². The second-order valence-electron chi connectivity index (χ2n) is 16.0. The van der Waals surface area contributed by atoms with Crippen LogP contribution in [0.1, 0.15) is 102 Å². The molecule has 382 valence electrons. The number of carboxylic acid groups (broad SMARTS) is 6. The number of fused-ring (bicyclic) bond motifs is 3. The van der Waals surface area contributed by atoms with Gasteiger partial charge >= 0.3 is 22.2 Å². The summed E-state index contributed by atoms with van der Waals surface area (Å²) in [7, 11) is 0. The summed E-state index contributed by atoms with van der Waals surface area (Å²) in [6.45, 7) is 17.4. The molecule has 1 atom stereocenters. The fourth-order valence-electron chi connectivity index (χ4n) is 7.08. The Morgan fingerprint density at radius 3 is 0.915 bits per heavy atom. The first-order valence-corrected chi connectivity index (χ1v) is 21.7. The van der Waals surface area contributed by atoms with Gasteiger partial charge in [-0.15, -0.1) is 0 Å². The molecule has 0 aliphatic heterocycles. The molecule has 6 aromatic rings. The molecule has 6 aromatic heterocycles. The minimum atomic E-state index is -2.91. The van der Waals surface area contributed by atoms with Crippen LogP contribution in [0.3, 0.4) is 0 Å². The van der Waals surface area contributed by atoms with Crippen LogP contribution in [0.15, 0.2) is 69.0 Å². The van der Waals surface area contributed by atoms with Crippen molar-refractivity contribution in [2.45, 2.75) is 118 Å². The Balaban J connectivity index is 0. The van der Waals surface area contributed by atoms with Gasteiger partial charge in [0.25, 0.3) is 16.7 Å². The zero-order valence-corrected chi connectivity index (χ0v) is 40.5. The number of hydrogen-bond donors (Lipinski definition) is 5. The number of carboxylic acids is 6. The third kappa shape index (κ3) is 15.4. The summed E-state index contributed by atoms with van der Waals surface area (Å²) in [6.07, 6.45) is -2.78. The number of aromatic nitrogens is 6. The maximum Gasteiger partial charge on any atom is 1.00 e. The first-order valence-electron chi connectivity index (χ1n) is 21.7. The minimum absolute atomic E-state index is 0. The van der Waals surface area contributed by atoms with E-state index in [1.54, 1.807) is 13.2 Å². The molecule has 23 nitrogen and oxygen atoms in total. The van der Waals surface area contributed by atoms with Crippen molar-refractivity contribution in [1.29, 1.82) is 0 Å². The summed E-state index contributed by atoms with van der Waals surface area (Å²) in [5.41, 5.74) is 4.37. The fourth-order valence-corrected chi connectivity index (χ4v) is 7.08. The van der Waals surface area contributed by atoms with E-state index in [1.807, 2.05) is 117 Å². The van der Waals surface area contributed by atoms with Gasteiger partial charge in [-0.1, -0.05) is 39.0 Å². The lowest BCUT2D eigenvalue weighted by atomic mass is 9.96. The Kier molecular flexibility index (Phi) is 21.1. The Morgan fingerprint density at radius 1 is 0.479 bits per heavy atom. The van der Waals surface area contributed by atoms with Crippen LogP contribution in [0.2, 0.25) is 0 Å². The number of aliphatic carboxylic acids is 6. The van der Waals surface area contributed by atoms with Gasteiger partial charge < -0.3 is 55.2 Å². The fraction of sp³-hybridized carbons (Fsp3) is 0.375. The van der Waals surface area contributed by atoms with Gasteiger partial charge in [0.15, 0.2) is 0 Å². The molecule has 0 spiro atoms. The highest BCUT2D eigenvalue weighted by molar-refractivity contribution is 5.87. The van der Waals surface area contributed by atoms with E-state index < -0.39 is 72.7 Å². The van der Waals surface area contributed by atoms with Crippen molar-refractivity contribution in [2.75, 3.05) is 0 Å². The Hall–Kier alpha value is -8.18. The maximum absolute atomic E-state index is 12.1. The van der Waals surface area contributed by atoms with Gasteiger partial charge in [0.05, 0.1) is 31.2 Å². The first-order chi connectivity index (χ1) is 33.0. The molecule has 1 unspecified atom stereocenters. The number of rotatable bonds is 13. The van der Waals surface area contributed by atoms with Crippen molar-refractivity contribution >= 4 is 52.8 Å². The highest BCUT2D eigenvalue weighted by Crippen LogP contribution is 2.16. The Bertz CT molecular complexity index is 2840. The number of aliphatic hydroxyl groups is 2. The lowest BCUT2D eigenvalue weighted by Gasteiger charge is -2.27. The van der Waals surface area contributed by atoms with E-state index in [4.69, 9.17) is 25.5 Å². The molecule has 0 bridgehead atoms. The summed E-state index contributed by atoms with van der Waals surface area (Å²) in [4.78, 5) is 110. The molecule has 0 aromatic carbocycles. The molecular weight excluding hydrogens is 933 g/mol. The van der Waals surface area contributed by atoms with Crippen LogP contribution < -0.4 is 32.0 Å². The summed E-state index contributed by atoms with van der Waals surface area (Å²) in [5.74, 6) is -11.0. The molecule has 0 saturated heterocycles. The molecular formula is C48H58N6O17. The van der Waals surface area contributed by atoms with Crippen LogP contribution in [-0.4, -0.2) is 101 Å². The summed E-state index contributed by atoms with van der Waals surface area (Å²) < 4.78 is 5.02. The zero-order valence-electron chi connectivity index (χ0n) is 43.5. The smallest absolute Gasteiger partial charge is 0.550 e. The molecule has 0 aliphatic carbocycles. The summed E-state index contributed by atoms with van der Waals surface area (Å²) in [6, 6.07) is 17.1. The molecule has 71 heavy (non-hydrogen) atoms. The van der Waals surface area contributed by atoms with Gasteiger partial charge in [-0.2, -0.15) is 0 Å². The SMILES string of the molecule is CCc1c(C)nc2cccc(C)n2c1=O.CCc1c(C)nc2cccc(C)n2c1=O.CCc1c(C)nc2cccc(C)n2c1=O.O=C(O)CC(O)(CC(=O)O)C(=O)[O-].O=C([O-])CC(O)(CC(=O)O)C(=O)[O-].[H+].[H+].[H+]. The minimum Gasteiger partial charge on any atom is -0.550 e. The van der Waals surface area contributed by atoms with Gasteiger partial charge in [-0.05, 0) is 97.2 Å². The van der Waals surface area contributed by atoms with Crippen molar-refractivity contribution in [3.05, 3.63) is 137 Å². The van der Waals surface area contributed by atoms with Crippen LogP contribution in [-0.2, 0) is 48.0 Å². The number of carbonyl (C=O) groups excluding carboxylic acids is 3. The van der Waals surface area contributed by atoms with E-state index in [0.29, 0.717) is 0 Å². The van der Waals surface area contributed by atoms with Gasteiger partial charge in [0, 0.05) is 63.2 Å². The van der Waals surface area contributed by atoms with Crippen LogP contribution in [0, 0.1) is 41.5 Å². The number of pyridine rings is 3. The van der Waals surface area contributed by atoms with Crippen molar-refractivity contribution in [3.63, 3.8) is 0 Å². The van der Waals surface area contributed by atoms with E-state index >= 15 is 0 Å². The summed E-state index contributed by atoms with van der Waals surface area (Å²) in [5, 5.41) is 72.8. The number of carbonyl (C=O) groups is 6. The molecule has 0 amide bonds. The monoisotopic (exact) mass is 990 g/mol. The molecule has 0 aliphatic rings. The number of hydrogen-bond acceptors (Lipinski definition) is 17. The molecule has 0 saturated carbocycles. The quantitative estimate of drug-likeness (QED) is 0.0969. The largest absolute Gasteiger partial charge is 1.00 e. The highest BCUT2D eigenvalue weighted by atomic mass is 16.4. The molecule has 23 heteroatoms. The van der Waals surface area contributed by atoms with Gasteiger partial charge in [-0.3, -0.25) is 42.0 Å². The van der Waals surface area contributed by atoms with Crippen molar-refractivity contribution in [2.24, 2.45) is 0 Å². The van der Waals surface area contributed by atoms with Crippen molar-refractivity contribution < 1.29 is 73.9 Å². The maximum atomic E-state index is 12.1. The lowest BCUT2D eigenvalue weighted by molar-refractivity contribution is -0.333. The zero-order chi connectivity index (χ0) is 54.3. The van der Waals surface area contributed by atoms with Crippen molar-refractivity contribution in [1.82, 2.24) is 28.2 Å². The third-order valence-corrected chi connectivity index (χ3v) is 10.6. The van der Waals surface area contributed by atoms with E-state index in [2.05, 4.69) is 15.0 Å².